The zero-order chi connectivity index (χ0) is 19.2. The highest BCUT2D eigenvalue weighted by Crippen LogP contribution is 2.26. The first-order valence-corrected chi connectivity index (χ1v) is 11.5. The Morgan fingerprint density at radius 3 is 2.42 bits per heavy atom. The summed E-state index contributed by atoms with van der Waals surface area (Å²) >= 11 is 0. The first kappa shape index (κ1) is 21.2. The molecule has 1 unspecified atom stereocenters. The maximum absolute atomic E-state index is 12.8. The number of piperidine rings is 2. The summed E-state index contributed by atoms with van der Waals surface area (Å²) in [5, 5.41) is 0. The minimum Gasteiger partial charge on any atom is -0.370 e. The van der Waals surface area contributed by atoms with E-state index in [2.05, 4.69) is 0 Å². The van der Waals surface area contributed by atoms with E-state index >= 15 is 0 Å². The molecule has 7 nitrogen and oxygen atoms in total. The Balaban J connectivity index is 1.83. The van der Waals surface area contributed by atoms with Crippen molar-refractivity contribution >= 4 is 21.8 Å². The van der Waals surface area contributed by atoms with Crippen LogP contribution in [-0.4, -0.2) is 61.4 Å². The summed E-state index contributed by atoms with van der Waals surface area (Å²) in [4.78, 5) is 25.7. The number of rotatable bonds is 8. The number of unbranched alkanes of at least 4 members (excludes halogenated alkanes) is 1. The summed E-state index contributed by atoms with van der Waals surface area (Å²) in [7, 11) is -3.18. The third-order valence-electron chi connectivity index (χ3n) is 5.58. The highest BCUT2D eigenvalue weighted by molar-refractivity contribution is 7.89. The first-order valence-electron chi connectivity index (χ1n) is 9.88. The van der Waals surface area contributed by atoms with Crippen LogP contribution in [0.4, 0.5) is 0 Å². The lowest BCUT2D eigenvalue weighted by molar-refractivity contribution is -0.138. The third kappa shape index (κ3) is 5.94. The Morgan fingerprint density at radius 2 is 1.81 bits per heavy atom. The molecule has 0 aromatic rings. The average molecular weight is 388 g/mol. The molecule has 2 rings (SSSR count). The topological polar surface area (TPSA) is 101 Å². The molecule has 2 aliphatic heterocycles. The van der Waals surface area contributed by atoms with Crippen molar-refractivity contribution in [3.8, 4) is 0 Å². The molecule has 2 heterocycles. The second kappa shape index (κ2) is 9.69. The van der Waals surface area contributed by atoms with Gasteiger partial charge in [0.05, 0.1) is 5.75 Å². The Morgan fingerprint density at radius 1 is 1.12 bits per heavy atom. The minimum absolute atomic E-state index is 0.0810. The lowest BCUT2D eigenvalue weighted by atomic mass is 9.90. The number of carbonyl (C=O) groups excluding carboxylic acids is 2. The molecule has 0 bridgehead atoms. The minimum atomic E-state index is -3.18. The number of carbonyl (C=O) groups is 2. The van der Waals surface area contributed by atoms with E-state index in [1.54, 1.807) is 4.31 Å². The van der Waals surface area contributed by atoms with Gasteiger partial charge in [-0.1, -0.05) is 13.3 Å². The van der Waals surface area contributed by atoms with Crippen LogP contribution < -0.4 is 5.73 Å². The third-order valence-corrected chi connectivity index (χ3v) is 7.54. The Labute approximate surface area is 157 Å². The maximum Gasteiger partial charge on any atom is 0.225 e. The summed E-state index contributed by atoms with van der Waals surface area (Å²) in [6.07, 6.45) is 5.86. The SMILES string of the molecule is CCCCS(=O)(=O)N1CCC(C(=O)N2CCCC(CCC(N)=O)C2)CC1. The van der Waals surface area contributed by atoms with Crippen LogP contribution in [0.1, 0.15) is 58.3 Å². The van der Waals surface area contributed by atoms with Gasteiger partial charge in [-0.25, -0.2) is 12.7 Å². The molecule has 2 fully saturated rings. The molecule has 0 spiro atoms. The van der Waals surface area contributed by atoms with Gasteiger partial charge in [0.25, 0.3) is 0 Å². The van der Waals surface area contributed by atoms with E-state index < -0.39 is 10.0 Å². The average Bonchev–Trinajstić information content (AvgIpc) is 2.64. The van der Waals surface area contributed by atoms with Gasteiger partial charge in [-0.05, 0) is 44.4 Å². The largest absolute Gasteiger partial charge is 0.370 e. The van der Waals surface area contributed by atoms with Crippen LogP contribution in [0.2, 0.25) is 0 Å². The number of primary amides is 1. The van der Waals surface area contributed by atoms with Gasteiger partial charge >= 0.3 is 0 Å². The van der Waals surface area contributed by atoms with Crippen LogP contribution in [0.3, 0.4) is 0 Å². The van der Waals surface area contributed by atoms with Crippen LogP contribution in [0.5, 0.6) is 0 Å². The lowest BCUT2D eigenvalue weighted by Crippen LogP contribution is -2.47. The molecule has 1 atom stereocenters. The van der Waals surface area contributed by atoms with Crippen molar-refractivity contribution < 1.29 is 18.0 Å². The van der Waals surface area contributed by atoms with Gasteiger partial charge < -0.3 is 10.6 Å². The standard InChI is InChI=1S/C18H33N3O4S/c1-2-3-13-26(24,25)21-11-8-16(9-12-21)18(23)20-10-4-5-15(14-20)6-7-17(19)22/h15-16H,2-14H2,1H3,(H2,19,22). The van der Waals surface area contributed by atoms with Gasteiger partial charge in [-0.3, -0.25) is 9.59 Å². The van der Waals surface area contributed by atoms with Crippen molar-refractivity contribution in [3.05, 3.63) is 0 Å². The number of hydrogen-bond donors (Lipinski definition) is 1. The van der Waals surface area contributed by atoms with Gasteiger partial charge in [0.1, 0.15) is 0 Å². The van der Waals surface area contributed by atoms with E-state index in [0.29, 0.717) is 51.2 Å². The Kier molecular flexibility index (Phi) is 7.88. The van der Waals surface area contributed by atoms with E-state index in [1.807, 2.05) is 11.8 Å². The monoisotopic (exact) mass is 387 g/mol. The predicted octanol–water partition coefficient (Wildman–Crippen LogP) is 1.33. The second-order valence-corrected chi connectivity index (χ2v) is 9.73. The summed E-state index contributed by atoms with van der Waals surface area (Å²) in [6, 6.07) is 0. The van der Waals surface area contributed by atoms with Gasteiger partial charge in [-0.2, -0.15) is 0 Å². The molecule has 26 heavy (non-hydrogen) atoms. The fraction of sp³-hybridized carbons (Fsp3) is 0.889. The summed E-state index contributed by atoms with van der Waals surface area (Å²) in [6.45, 7) is 4.33. The maximum atomic E-state index is 12.8. The zero-order valence-electron chi connectivity index (χ0n) is 15.9. The van der Waals surface area contributed by atoms with E-state index in [0.717, 1.165) is 32.2 Å². The highest BCUT2D eigenvalue weighted by atomic mass is 32.2. The van der Waals surface area contributed by atoms with Gasteiger partial charge in [-0.15, -0.1) is 0 Å². The van der Waals surface area contributed by atoms with Crippen LogP contribution in [-0.2, 0) is 19.6 Å². The summed E-state index contributed by atoms with van der Waals surface area (Å²) in [5.74, 6) is 0.331. The molecule has 150 valence electrons. The normalized spacial score (nSPS) is 23.1. The van der Waals surface area contributed by atoms with Crippen molar-refractivity contribution in [2.45, 2.75) is 58.3 Å². The number of amides is 2. The molecule has 2 saturated heterocycles. The van der Waals surface area contributed by atoms with Crippen molar-refractivity contribution in [1.82, 2.24) is 9.21 Å². The summed E-state index contributed by atoms with van der Waals surface area (Å²) < 4.78 is 26.1. The van der Waals surface area contributed by atoms with E-state index in [1.165, 1.54) is 0 Å². The smallest absolute Gasteiger partial charge is 0.225 e. The fourth-order valence-corrected chi connectivity index (χ4v) is 5.62. The molecule has 2 aliphatic rings. The predicted molar refractivity (Wildman–Crippen MR) is 101 cm³/mol. The number of likely N-dealkylation sites (tertiary alicyclic amines) is 1. The van der Waals surface area contributed by atoms with Crippen molar-refractivity contribution in [3.63, 3.8) is 0 Å². The Bertz CT molecular complexity index is 585. The number of nitrogens with zero attached hydrogens (tertiary/aromatic N) is 2. The molecule has 8 heteroatoms. The van der Waals surface area contributed by atoms with Gasteiger partial charge in [0.2, 0.25) is 21.8 Å². The zero-order valence-corrected chi connectivity index (χ0v) is 16.7. The summed E-state index contributed by atoms with van der Waals surface area (Å²) in [5.41, 5.74) is 5.23. The molecule has 0 radical (unpaired) electrons. The highest BCUT2D eigenvalue weighted by Gasteiger charge is 2.34. The van der Waals surface area contributed by atoms with Crippen molar-refractivity contribution in [2.75, 3.05) is 31.9 Å². The van der Waals surface area contributed by atoms with Gasteiger partial charge in [0.15, 0.2) is 0 Å². The number of hydrogen-bond acceptors (Lipinski definition) is 4. The molecule has 0 aromatic heterocycles. The number of nitrogens with two attached hydrogens (primary N) is 1. The van der Waals surface area contributed by atoms with E-state index in [-0.39, 0.29) is 23.5 Å². The molecule has 0 saturated carbocycles. The molecule has 0 aliphatic carbocycles. The Hall–Kier alpha value is -1.15. The molecular formula is C18H33N3O4S. The van der Waals surface area contributed by atoms with E-state index in [4.69, 9.17) is 5.73 Å². The number of sulfonamides is 1. The molecule has 0 aromatic carbocycles. The molecule has 2 N–H and O–H groups in total. The van der Waals surface area contributed by atoms with Crippen LogP contribution in [0, 0.1) is 11.8 Å². The van der Waals surface area contributed by atoms with Crippen molar-refractivity contribution in [2.24, 2.45) is 17.6 Å². The fourth-order valence-electron chi connectivity index (χ4n) is 3.94. The lowest BCUT2D eigenvalue weighted by Gasteiger charge is -2.37. The van der Waals surface area contributed by atoms with Crippen LogP contribution in [0.15, 0.2) is 0 Å². The van der Waals surface area contributed by atoms with Crippen LogP contribution >= 0.6 is 0 Å². The van der Waals surface area contributed by atoms with Gasteiger partial charge in [0, 0.05) is 38.5 Å². The van der Waals surface area contributed by atoms with Crippen LogP contribution in [0.25, 0.3) is 0 Å². The second-order valence-electron chi connectivity index (χ2n) is 7.64. The van der Waals surface area contributed by atoms with E-state index in [9.17, 15) is 18.0 Å². The quantitative estimate of drug-likeness (QED) is 0.679. The molecule has 2 amide bonds. The molecular weight excluding hydrogens is 354 g/mol. The van der Waals surface area contributed by atoms with Crippen molar-refractivity contribution in [1.29, 1.82) is 0 Å². The first-order chi connectivity index (χ1) is 12.3.